The Hall–Kier alpha value is 0.350. The molecule has 0 nitrogen and oxygen atoms in total. The monoisotopic (exact) mass is 270 g/mol. The molecule has 1 rings (SSSR count). The van der Waals surface area contributed by atoms with Gasteiger partial charge >= 0.3 is 0 Å². The molecule has 0 bridgehead atoms. The molecule has 1 heteroatoms. The molecule has 0 aromatic rings. The Kier molecular flexibility index (Phi) is 8.46. The summed E-state index contributed by atoms with van der Waals surface area (Å²) in [6.07, 6.45) is 13.1. The molecule has 1 saturated carbocycles. The molecule has 0 aliphatic heterocycles. The molecule has 18 heavy (non-hydrogen) atoms. The number of thiol groups is 1. The van der Waals surface area contributed by atoms with Crippen LogP contribution < -0.4 is 0 Å². The molecule has 108 valence electrons. The highest BCUT2D eigenvalue weighted by atomic mass is 32.1. The van der Waals surface area contributed by atoms with E-state index in [1.807, 2.05) is 0 Å². The van der Waals surface area contributed by atoms with Crippen molar-refractivity contribution in [2.75, 3.05) is 5.75 Å². The molecule has 4 atom stereocenters. The fourth-order valence-corrected chi connectivity index (χ4v) is 4.03. The minimum Gasteiger partial charge on any atom is -0.179 e. The summed E-state index contributed by atoms with van der Waals surface area (Å²) in [6.45, 7) is 7.15. The van der Waals surface area contributed by atoms with Crippen molar-refractivity contribution >= 4 is 12.6 Å². The zero-order chi connectivity index (χ0) is 13.4. The van der Waals surface area contributed by atoms with Crippen molar-refractivity contribution in [3.05, 3.63) is 0 Å². The van der Waals surface area contributed by atoms with E-state index in [1.54, 1.807) is 0 Å². The Balaban J connectivity index is 2.22. The summed E-state index contributed by atoms with van der Waals surface area (Å²) in [5.74, 6) is 4.98. The van der Waals surface area contributed by atoms with Crippen LogP contribution in [-0.2, 0) is 0 Å². The fraction of sp³-hybridized carbons (Fsp3) is 1.00. The SMILES string of the molecule is CCC(C)CCCC1CCC[C@@H]1CC(C)CCS. The molecular weight excluding hydrogens is 236 g/mol. The molecule has 3 unspecified atom stereocenters. The molecule has 0 radical (unpaired) electrons. The van der Waals surface area contributed by atoms with Gasteiger partial charge in [-0.1, -0.05) is 65.7 Å². The quantitative estimate of drug-likeness (QED) is 0.491. The summed E-state index contributed by atoms with van der Waals surface area (Å²) in [4.78, 5) is 0. The molecule has 1 aliphatic rings. The lowest BCUT2D eigenvalue weighted by Crippen LogP contribution is -2.12. The van der Waals surface area contributed by atoms with E-state index in [-0.39, 0.29) is 0 Å². The summed E-state index contributed by atoms with van der Waals surface area (Å²) >= 11 is 4.37. The van der Waals surface area contributed by atoms with Crippen LogP contribution in [0, 0.1) is 23.7 Å². The topological polar surface area (TPSA) is 0 Å². The smallest absolute Gasteiger partial charge is 0.00954 e. The maximum Gasteiger partial charge on any atom is -0.00954 e. The van der Waals surface area contributed by atoms with Gasteiger partial charge in [-0.2, -0.15) is 12.6 Å². The van der Waals surface area contributed by atoms with Crippen LogP contribution in [0.5, 0.6) is 0 Å². The summed E-state index contributed by atoms with van der Waals surface area (Å²) in [5, 5.41) is 0. The zero-order valence-electron chi connectivity index (χ0n) is 12.8. The van der Waals surface area contributed by atoms with Gasteiger partial charge in [0, 0.05) is 0 Å². The van der Waals surface area contributed by atoms with Gasteiger partial charge in [0.05, 0.1) is 0 Å². The first-order chi connectivity index (χ1) is 8.67. The van der Waals surface area contributed by atoms with E-state index >= 15 is 0 Å². The fourth-order valence-electron chi connectivity index (χ4n) is 3.59. The van der Waals surface area contributed by atoms with Crippen LogP contribution in [0.25, 0.3) is 0 Å². The number of hydrogen-bond donors (Lipinski definition) is 1. The summed E-state index contributed by atoms with van der Waals surface area (Å²) in [6, 6.07) is 0. The Labute approximate surface area is 121 Å². The summed E-state index contributed by atoms with van der Waals surface area (Å²) in [7, 11) is 0. The second kappa shape index (κ2) is 9.28. The molecule has 0 heterocycles. The third kappa shape index (κ3) is 5.99. The lowest BCUT2D eigenvalue weighted by Gasteiger charge is -2.23. The molecule has 1 aliphatic carbocycles. The highest BCUT2D eigenvalue weighted by Crippen LogP contribution is 2.39. The van der Waals surface area contributed by atoms with Crippen LogP contribution in [0.4, 0.5) is 0 Å². The van der Waals surface area contributed by atoms with Gasteiger partial charge < -0.3 is 0 Å². The second-order valence-corrected chi connectivity index (χ2v) is 7.20. The van der Waals surface area contributed by atoms with Crippen LogP contribution in [0.3, 0.4) is 0 Å². The van der Waals surface area contributed by atoms with Crippen LogP contribution in [0.15, 0.2) is 0 Å². The molecule has 0 aromatic heterocycles. The Morgan fingerprint density at radius 1 is 1.06 bits per heavy atom. The Morgan fingerprint density at radius 3 is 2.44 bits per heavy atom. The van der Waals surface area contributed by atoms with E-state index in [2.05, 4.69) is 33.4 Å². The van der Waals surface area contributed by atoms with E-state index in [0.29, 0.717) is 0 Å². The highest BCUT2D eigenvalue weighted by Gasteiger charge is 2.27. The van der Waals surface area contributed by atoms with Crippen LogP contribution in [-0.4, -0.2) is 5.75 Å². The molecule has 0 spiro atoms. The predicted octanol–water partition coefficient (Wildman–Crippen LogP) is 5.97. The van der Waals surface area contributed by atoms with Gasteiger partial charge in [0.1, 0.15) is 0 Å². The molecule has 0 aromatic carbocycles. The van der Waals surface area contributed by atoms with Crippen molar-refractivity contribution in [3.8, 4) is 0 Å². The van der Waals surface area contributed by atoms with E-state index in [0.717, 1.165) is 29.4 Å². The van der Waals surface area contributed by atoms with Crippen molar-refractivity contribution in [2.45, 2.75) is 78.6 Å². The maximum absolute atomic E-state index is 4.37. The normalized spacial score (nSPS) is 27.3. The van der Waals surface area contributed by atoms with E-state index in [9.17, 15) is 0 Å². The summed E-state index contributed by atoms with van der Waals surface area (Å²) in [5.41, 5.74) is 0. The van der Waals surface area contributed by atoms with E-state index in [1.165, 1.54) is 57.8 Å². The molecule has 0 N–H and O–H groups in total. The highest BCUT2D eigenvalue weighted by molar-refractivity contribution is 7.80. The minimum atomic E-state index is 0.891. The van der Waals surface area contributed by atoms with Gasteiger partial charge in [-0.05, 0) is 42.3 Å². The van der Waals surface area contributed by atoms with Crippen molar-refractivity contribution in [1.29, 1.82) is 0 Å². The molecule has 0 saturated heterocycles. The maximum atomic E-state index is 4.37. The van der Waals surface area contributed by atoms with Crippen molar-refractivity contribution in [2.24, 2.45) is 23.7 Å². The standard InChI is InChI=1S/C17H34S/c1-4-14(2)7-5-8-16-9-6-10-17(16)13-15(3)11-12-18/h14-18H,4-13H2,1-3H3/t14?,15?,16?,17-/m1/s1. The second-order valence-electron chi connectivity index (χ2n) is 6.75. The minimum absolute atomic E-state index is 0.891. The van der Waals surface area contributed by atoms with Crippen molar-refractivity contribution in [3.63, 3.8) is 0 Å². The van der Waals surface area contributed by atoms with Gasteiger partial charge in [0.2, 0.25) is 0 Å². The van der Waals surface area contributed by atoms with Crippen molar-refractivity contribution in [1.82, 2.24) is 0 Å². The number of rotatable bonds is 9. The van der Waals surface area contributed by atoms with Gasteiger partial charge in [-0.25, -0.2) is 0 Å². The van der Waals surface area contributed by atoms with Crippen molar-refractivity contribution < 1.29 is 0 Å². The van der Waals surface area contributed by atoms with E-state index in [4.69, 9.17) is 0 Å². The zero-order valence-corrected chi connectivity index (χ0v) is 13.7. The average molecular weight is 271 g/mol. The van der Waals surface area contributed by atoms with Crippen LogP contribution in [0.1, 0.15) is 78.6 Å². The van der Waals surface area contributed by atoms with Crippen LogP contribution >= 0.6 is 12.6 Å². The van der Waals surface area contributed by atoms with Gasteiger partial charge in [0.15, 0.2) is 0 Å². The molecule has 1 fully saturated rings. The lowest BCUT2D eigenvalue weighted by molar-refractivity contribution is 0.285. The Morgan fingerprint density at radius 2 is 1.78 bits per heavy atom. The largest absolute Gasteiger partial charge is 0.179 e. The average Bonchev–Trinajstić information content (AvgIpc) is 2.76. The number of hydrogen-bond acceptors (Lipinski definition) is 1. The molecule has 0 amide bonds. The van der Waals surface area contributed by atoms with Gasteiger partial charge in [0.25, 0.3) is 0 Å². The van der Waals surface area contributed by atoms with Gasteiger partial charge in [-0.3, -0.25) is 0 Å². The summed E-state index contributed by atoms with van der Waals surface area (Å²) < 4.78 is 0. The first kappa shape index (κ1) is 16.4. The van der Waals surface area contributed by atoms with Crippen LogP contribution in [0.2, 0.25) is 0 Å². The Bertz CT molecular complexity index is 202. The first-order valence-corrected chi connectivity index (χ1v) is 8.91. The van der Waals surface area contributed by atoms with Gasteiger partial charge in [-0.15, -0.1) is 0 Å². The van der Waals surface area contributed by atoms with E-state index < -0.39 is 0 Å². The molecular formula is C17H34S. The third-order valence-electron chi connectivity index (χ3n) is 5.11. The first-order valence-electron chi connectivity index (χ1n) is 8.28. The predicted molar refractivity (Wildman–Crippen MR) is 86.4 cm³/mol. The third-order valence-corrected chi connectivity index (χ3v) is 5.37. The lowest BCUT2D eigenvalue weighted by atomic mass is 9.83.